The summed E-state index contributed by atoms with van der Waals surface area (Å²) in [6.45, 7) is 4.88. The quantitative estimate of drug-likeness (QED) is 0.896. The Morgan fingerprint density at radius 3 is 2.83 bits per heavy atom. The molecule has 0 radical (unpaired) electrons. The van der Waals surface area contributed by atoms with E-state index in [1.54, 1.807) is 17.4 Å². The van der Waals surface area contributed by atoms with Gasteiger partial charge >= 0.3 is 0 Å². The fourth-order valence-corrected chi connectivity index (χ4v) is 2.56. The lowest BCUT2D eigenvalue weighted by atomic mass is 10.1. The molecule has 18 heavy (non-hydrogen) atoms. The molecule has 0 aliphatic rings. The first-order valence-electron chi connectivity index (χ1n) is 6.02. The number of halogens is 1. The molecular formula is C14H17FN2S. The van der Waals surface area contributed by atoms with Crippen molar-refractivity contribution in [3.63, 3.8) is 0 Å². The van der Waals surface area contributed by atoms with Crippen molar-refractivity contribution in [3.05, 3.63) is 51.7 Å². The maximum absolute atomic E-state index is 13.5. The van der Waals surface area contributed by atoms with Crippen LogP contribution in [-0.2, 0) is 13.0 Å². The SMILES string of the molecule is Cc1ncsc1CNC(C)Cc1ccccc1F. The Morgan fingerprint density at radius 1 is 1.39 bits per heavy atom. The Bertz CT molecular complexity index is 510. The average molecular weight is 264 g/mol. The number of hydrogen-bond acceptors (Lipinski definition) is 3. The molecule has 0 fully saturated rings. The lowest BCUT2D eigenvalue weighted by Gasteiger charge is -2.13. The minimum absolute atomic E-state index is 0.125. The maximum atomic E-state index is 13.5. The van der Waals surface area contributed by atoms with Gasteiger partial charge in [0.05, 0.1) is 11.2 Å². The highest BCUT2D eigenvalue weighted by Crippen LogP contribution is 2.13. The van der Waals surface area contributed by atoms with Crippen LogP contribution < -0.4 is 5.32 Å². The van der Waals surface area contributed by atoms with Crippen LogP contribution in [0.5, 0.6) is 0 Å². The van der Waals surface area contributed by atoms with E-state index in [9.17, 15) is 4.39 Å². The molecule has 1 heterocycles. The molecule has 1 unspecified atom stereocenters. The summed E-state index contributed by atoms with van der Waals surface area (Å²) >= 11 is 1.65. The summed E-state index contributed by atoms with van der Waals surface area (Å²) in [4.78, 5) is 5.46. The fourth-order valence-electron chi connectivity index (χ4n) is 1.83. The molecule has 0 spiro atoms. The van der Waals surface area contributed by atoms with Crippen LogP contribution in [0.1, 0.15) is 23.1 Å². The molecule has 96 valence electrons. The summed E-state index contributed by atoms with van der Waals surface area (Å²) < 4.78 is 13.5. The molecule has 2 aromatic rings. The highest BCUT2D eigenvalue weighted by atomic mass is 32.1. The summed E-state index contributed by atoms with van der Waals surface area (Å²) in [7, 11) is 0. The van der Waals surface area contributed by atoms with Crippen molar-refractivity contribution in [2.75, 3.05) is 0 Å². The smallest absolute Gasteiger partial charge is 0.126 e. The van der Waals surface area contributed by atoms with Crippen LogP contribution in [0.4, 0.5) is 4.39 Å². The number of hydrogen-bond donors (Lipinski definition) is 1. The molecule has 2 nitrogen and oxygen atoms in total. The van der Waals surface area contributed by atoms with Gasteiger partial charge in [0.1, 0.15) is 5.82 Å². The Kier molecular flexibility index (Phi) is 4.44. The predicted octanol–water partition coefficient (Wildman–Crippen LogP) is 3.31. The molecule has 0 saturated carbocycles. The van der Waals surface area contributed by atoms with Crippen LogP contribution in [0.2, 0.25) is 0 Å². The zero-order valence-corrected chi connectivity index (χ0v) is 11.4. The van der Waals surface area contributed by atoms with Gasteiger partial charge in [0, 0.05) is 17.5 Å². The largest absolute Gasteiger partial charge is 0.309 e. The fraction of sp³-hybridized carbons (Fsp3) is 0.357. The van der Waals surface area contributed by atoms with E-state index in [-0.39, 0.29) is 11.9 Å². The minimum atomic E-state index is -0.125. The van der Waals surface area contributed by atoms with E-state index in [1.807, 2.05) is 24.6 Å². The third-order valence-electron chi connectivity index (χ3n) is 2.94. The molecule has 4 heteroatoms. The third-order valence-corrected chi connectivity index (χ3v) is 3.87. The van der Waals surface area contributed by atoms with Crippen LogP contribution in [0, 0.1) is 12.7 Å². The van der Waals surface area contributed by atoms with Gasteiger partial charge in [-0.15, -0.1) is 11.3 Å². The van der Waals surface area contributed by atoms with Gasteiger partial charge in [0.2, 0.25) is 0 Å². The van der Waals surface area contributed by atoms with Crippen LogP contribution >= 0.6 is 11.3 Å². The molecule has 2 rings (SSSR count). The maximum Gasteiger partial charge on any atom is 0.126 e. The summed E-state index contributed by atoms with van der Waals surface area (Å²) in [5.74, 6) is -0.125. The van der Waals surface area contributed by atoms with Gasteiger partial charge in [-0.05, 0) is 31.9 Å². The van der Waals surface area contributed by atoms with Crippen molar-refractivity contribution in [1.29, 1.82) is 0 Å². The third kappa shape index (κ3) is 3.37. The van der Waals surface area contributed by atoms with E-state index >= 15 is 0 Å². The second kappa shape index (κ2) is 6.07. The summed E-state index contributed by atoms with van der Waals surface area (Å²) in [5.41, 5.74) is 3.69. The van der Waals surface area contributed by atoms with E-state index < -0.39 is 0 Å². The molecule has 1 aromatic heterocycles. The first kappa shape index (κ1) is 13.2. The van der Waals surface area contributed by atoms with Crippen molar-refractivity contribution >= 4 is 11.3 Å². The van der Waals surface area contributed by atoms with E-state index in [2.05, 4.69) is 17.2 Å². The standard InChI is InChI=1S/C14H17FN2S/c1-10(7-12-5-3-4-6-13(12)15)16-8-14-11(2)17-9-18-14/h3-6,9-10,16H,7-8H2,1-2H3. The average Bonchev–Trinajstić information content (AvgIpc) is 2.75. The molecule has 1 aromatic carbocycles. The number of benzene rings is 1. The normalized spacial score (nSPS) is 12.6. The van der Waals surface area contributed by atoms with Crippen molar-refractivity contribution in [2.45, 2.75) is 32.9 Å². The lowest BCUT2D eigenvalue weighted by Crippen LogP contribution is -2.27. The van der Waals surface area contributed by atoms with Crippen LogP contribution in [-0.4, -0.2) is 11.0 Å². The van der Waals surface area contributed by atoms with Crippen LogP contribution in [0.15, 0.2) is 29.8 Å². The van der Waals surface area contributed by atoms with E-state index in [4.69, 9.17) is 0 Å². The van der Waals surface area contributed by atoms with Gasteiger partial charge < -0.3 is 5.32 Å². The molecule has 0 aliphatic carbocycles. The van der Waals surface area contributed by atoms with Gasteiger partial charge in [0.15, 0.2) is 0 Å². The molecule has 0 amide bonds. The zero-order valence-electron chi connectivity index (χ0n) is 10.6. The van der Waals surface area contributed by atoms with Gasteiger partial charge in [-0.2, -0.15) is 0 Å². The Morgan fingerprint density at radius 2 is 2.17 bits per heavy atom. The molecule has 1 N–H and O–H groups in total. The van der Waals surface area contributed by atoms with Crippen molar-refractivity contribution in [2.24, 2.45) is 0 Å². The minimum Gasteiger partial charge on any atom is -0.309 e. The second-order valence-corrected chi connectivity index (χ2v) is 5.38. The molecule has 1 atom stereocenters. The van der Waals surface area contributed by atoms with Crippen LogP contribution in [0.3, 0.4) is 0 Å². The van der Waals surface area contributed by atoms with Gasteiger partial charge in [-0.1, -0.05) is 18.2 Å². The predicted molar refractivity (Wildman–Crippen MR) is 73.3 cm³/mol. The lowest BCUT2D eigenvalue weighted by molar-refractivity contribution is 0.527. The number of aryl methyl sites for hydroxylation is 1. The summed E-state index contributed by atoms with van der Waals surface area (Å²) in [6, 6.07) is 7.18. The van der Waals surface area contributed by atoms with Gasteiger partial charge in [-0.25, -0.2) is 9.37 Å². The Balaban J connectivity index is 1.88. The Labute approximate surface area is 111 Å². The van der Waals surface area contributed by atoms with Crippen molar-refractivity contribution < 1.29 is 4.39 Å². The number of aromatic nitrogens is 1. The molecule has 0 saturated heterocycles. The second-order valence-electron chi connectivity index (χ2n) is 4.44. The number of nitrogens with zero attached hydrogens (tertiary/aromatic N) is 1. The number of thiazole rings is 1. The number of nitrogens with one attached hydrogen (secondary N) is 1. The molecule has 0 aliphatic heterocycles. The van der Waals surface area contributed by atoms with Crippen LogP contribution in [0.25, 0.3) is 0 Å². The topological polar surface area (TPSA) is 24.9 Å². The summed E-state index contributed by atoms with van der Waals surface area (Å²) in [6.07, 6.45) is 0.699. The highest BCUT2D eigenvalue weighted by Gasteiger charge is 2.08. The summed E-state index contributed by atoms with van der Waals surface area (Å²) in [5, 5.41) is 3.41. The van der Waals surface area contributed by atoms with E-state index in [1.165, 1.54) is 10.9 Å². The van der Waals surface area contributed by atoms with Crippen molar-refractivity contribution in [1.82, 2.24) is 10.3 Å². The monoisotopic (exact) mass is 264 g/mol. The molecular weight excluding hydrogens is 247 g/mol. The first-order valence-corrected chi connectivity index (χ1v) is 6.90. The molecule has 0 bridgehead atoms. The first-order chi connectivity index (χ1) is 8.66. The highest BCUT2D eigenvalue weighted by molar-refractivity contribution is 7.09. The van der Waals surface area contributed by atoms with E-state index in [0.717, 1.165) is 17.8 Å². The Hall–Kier alpha value is -1.26. The van der Waals surface area contributed by atoms with Gasteiger partial charge in [0.25, 0.3) is 0 Å². The zero-order chi connectivity index (χ0) is 13.0. The van der Waals surface area contributed by atoms with Gasteiger partial charge in [-0.3, -0.25) is 0 Å². The van der Waals surface area contributed by atoms with Crippen molar-refractivity contribution in [3.8, 4) is 0 Å². The number of rotatable bonds is 5. The van der Waals surface area contributed by atoms with E-state index in [0.29, 0.717) is 6.42 Å².